The molecule has 2 aromatic carbocycles. The predicted molar refractivity (Wildman–Crippen MR) is 100 cm³/mol. The van der Waals surface area contributed by atoms with Gasteiger partial charge in [-0.3, -0.25) is 0 Å². The van der Waals surface area contributed by atoms with E-state index in [-0.39, 0.29) is 5.82 Å². The smallest absolute Gasteiger partial charge is 0.131 e. The van der Waals surface area contributed by atoms with Gasteiger partial charge < -0.3 is 4.57 Å². The van der Waals surface area contributed by atoms with Gasteiger partial charge in [-0.05, 0) is 36.0 Å². The summed E-state index contributed by atoms with van der Waals surface area (Å²) in [5, 5.41) is 0. The van der Waals surface area contributed by atoms with Crippen LogP contribution < -0.4 is 0 Å². The van der Waals surface area contributed by atoms with E-state index in [4.69, 9.17) is 4.98 Å². The monoisotopic (exact) mass is 334 g/mol. The molecule has 0 fully saturated rings. The van der Waals surface area contributed by atoms with E-state index in [0.29, 0.717) is 11.5 Å². The van der Waals surface area contributed by atoms with E-state index in [0.717, 1.165) is 35.3 Å². The number of rotatable bonds is 3. The van der Waals surface area contributed by atoms with Crippen LogP contribution in [0.25, 0.3) is 22.4 Å². The lowest BCUT2D eigenvalue weighted by Crippen LogP contribution is -2.08. The van der Waals surface area contributed by atoms with E-state index in [1.54, 1.807) is 6.07 Å². The van der Waals surface area contributed by atoms with Crippen LogP contribution in [0.5, 0.6) is 0 Å². The summed E-state index contributed by atoms with van der Waals surface area (Å²) in [5.74, 6) is 1.36. The second-order valence-electron chi connectivity index (χ2n) is 7.16. The summed E-state index contributed by atoms with van der Waals surface area (Å²) in [5.41, 5.74) is 4.69. The topological polar surface area (TPSA) is 17.8 Å². The van der Waals surface area contributed by atoms with Crippen LogP contribution >= 0.6 is 0 Å². The molecule has 1 aliphatic heterocycles. The van der Waals surface area contributed by atoms with Crippen LogP contribution in [0.15, 0.2) is 48.7 Å². The van der Waals surface area contributed by atoms with Gasteiger partial charge in [-0.2, -0.15) is 0 Å². The molecule has 0 amide bonds. The largest absolute Gasteiger partial charge is 0.334 e. The molecule has 1 aromatic heterocycles. The van der Waals surface area contributed by atoms with Gasteiger partial charge in [0.05, 0.1) is 5.69 Å². The van der Waals surface area contributed by atoms with Crippen molar-refractivity contribution in [3.63, 3.8) is 0 Å². The molecule has 0 aliphatic carbocycles. The molecule has 2 heterocycles. The number of hydrogen-bond donors (Lipinski definition) is 0. The maximum Gasteiger partial charge on any atom is 0.131 e. The molecular formula is C22H23FN2. The van der Waals surface area contributed by atoms with Gasteiger partial charge in [-0.1, -0.05) is 50.2 Å². The van der Waals surface area contributed by atoms with Crippen molar-refractivity contribution in [1.29, 1.82) is 0 Å². The van der Waals surface area contributed by atoms with Gasteiger partial charge in [0.2, 0.25) is 0 Å². The molecule has 3 heteroatoms. The lowest BCUT2D eigenvalue weighted by Gasteiger charge is -2.11. The number of hydrogen-bond acceptors (Lipinski definition) is 1. The standard InChI is InChI=1S/C22H23FN2/c1-15(2)18-10-11-19(20(23)13-18)16-6-8-17(9-7-16)21-14-25-12-4-3-5-22(25)24-21/h6-11,13-15H,3-5,12H2,1-2H3. The zero-order chi connectivity index (χ0) is 17.4. The fraction of sp³-hybridized carbons (Fsp3) is 0.318. The molecule has 4 rings (SSSR count). The SMILES string of the molecule is CC(C)c1ccc(-c2ccc(-c3cn4c(n3)CCCC4)cc2)c(F)c1. The van der Waals surface area contributed by atoms with E-state index < -0.39 is 0 Å². The number of nitrogens with zero attached hydrogens (tertiary/aromatic N) is 2. The molecule has 0 N–H and O–H groups in total. The van der Waals surface area contributed by atoms with E-state index in [9.17, 15) is 4.39 Å². The molecule has 0 saturated heterocycles. The van der Waals surface area contributed by atoms with Gasteiger partial charge in [-0.25, -0.2) is 9.37 Å². The third-order valence-corrected chi connectivity index (χ3v) is 5.06. The van der Waals surface area contributed by atoms with Crippen LogP contribution in [0.3, 0.4) is 0 Å². The molecule has 1 aliphatic rings. The molecule has 0 spiro atoms. The highest BCUT2D eigenvalue weighted by atomic mass is 19.1. The van der Waals surface area contributed by atoms with Crippen molar-refractivity contribution in [3.8, 4) is 22.4 Å². The van der Waals surface area contributed by atoms with Gasteiger partial charge in [0.15, 0.2) is 0 Å². The normalized spacial score (nSPS) is 13.9. The van der Waals surface area contributed by atoms with E-state index in [2.05, 4.69) is 24.6 Å². The number of aromatic nitrogens is 2. The maximum absolute atomic E-state index is 14.5. The van der Waals surface area contributed by atoms with Crippen LogP contribution in [0.1, 0.15) is 44.0 Å². The lowest BCUT2D eigenvalue weighted by atomic mass is 9.97. The Bertz CT molecular complexity index is 867. The number of fused-ring (bicyclic) bond motifs is 1. The number of halogens is 1. The minimum atomic E-state index is -0.156. The third kappa shape index (κ3) is 3.11. The Hall–Kier alpha value is -2.42. The number of imidazole rings is 1. The van der Waals surface area contributed by atoms with E-state index in [1.807, 2.05) is 36.4 Å². The van der Waals surface area contributed by atoms with Gasteiger partial charge in [0.1, 0.15) is 11.6 Å². The van der Waals surface area contributed by atoms with Gasteiger partial charge >= 0.3 is 0 Å². The quantitative estimate of drug-likeness (QED) is 0.590. The second-order valence-corrected chi connectivity index (χ2v) is 7.16. The molecule has 0 saturated carbocycles. The lowest BCUT2D eigenvalue weighted by molar-refractivity contribution is 0.522. The highest BCUT2D eigenvalue weighted by Crippen LogP contribution is 2.29. The summed E-state index contributed by atoms with van der Waals surface area (Å²) >= 11 is 0. The van der Waals surface area contributed by atoms with Crippen LogP contribution in [0, 0.1) is 5.82 Å². The Balaban J connectivity index is 1.63. The first-order chi connectivity index (χ1) is 12.1. The summed E-state index contributed by atoms with van der Waals surface area (Å²) in [6.07, 6.45) is 5.65. The first-order valence-corrected chi connectivity index (χ1v) is 9.08. The Morgan fingerprint density at radius 2 is 1.76 bits per heavy atom. The molecule has 0 atom stereocenters. The van der Waals surface area contributed by atoms with Crippen molar-refractivity contribution in [2.45, 2.75) is 45.6 Å². The highest BCUT2D eigenvalue weighted by molar-refractivity contribution is 5.69. The Morgan fingerprint density at radius 1 is 1.00 bits per heavy atom. The van der Waals surface area contributed by atoms with Gasteiger partial charge in [0, 0.05) is 30.3 Å². The Morgan fingerprint density at radius 3 is 2.44 bits per heavy atom. The number of aryl methyl sites for hydroxylation is 2. The van der Waals surface area contributed by atoms with Gasteiger partial charge in [-0.15, -0.1) is 0 Å². The molecule has 0 unspecified atom stereocenters. The summed E-state index contributed by atoms with van der Waals surface area (Å²) in [7, 11) is 0. The van der Waals surface area contributed by atoms with E-state index in [1.165, 1.54) is 18.7 Å². The van der Waals surface area contributed by atoms with Crippen molar-refractivity contribution in [2.75, 3.05) is 0 Å². The number of benzene rings is 2. The van der Waals surface area contributed by atoms with Crippen molar-refractivity contribution in [2.24, 2.45) is 0 Å². The first kappa shape index (κ1) is 16.1. The fourth-order valence-corrected chi connectivity index (χ4v) is 3.50. The van der Waals surface area contributed by atoms with E-state index >= 15 is 0 Å². The summed E-state index contributed by atoms with van der Waals surface area (Å²) < 4.78 is 16.7. The predicted octanol–water partition coefficient (Wildman–Crippen LogP) is 5.82. The molecule has 25 heavy (non-hydrogen) atoms. The van der Waals surface area contributed by atoms with Crippen LogP contribution in [-0.2, 0) is 13.0 Å². The zero-order valence-electron chi connectivity index (χ0n) is 14.8. The third-order valence-electron chi connectivity index (χ3n) is 5.06. The zero-order valence-corrected chi connectivity index (χ0v) is 14.8. The Labute approximate surface area is 148 Å². The van der Waals surface area contributed by atoms with Crippen LogP contribution in [-0.4, -0.2) is 9.55 Å². The fourth-order valence-electron chi connectivity index (χ4n) is 3.50. The molecule has 2 nitrogen and oxygen atoms in total. The highest BCUT2D eigenvalue weighted by Gasteiger charge is 2.14. The average Bonchev–Trinajstić information content (AvgIpc) is 3.06. The molecule has 0 radical (unpaired) electrons. The summed E-state index contributed by atoms with van der Waals surface area (Å²) in [4.78, 5) is 4.76. The second kappa shape index (κ2) is 6.47. The van der Waals surface area contributed by atoms with Gasteiger partial charge in [0.25, 0.3) is 0 Å². The molecule has 128 valence electrons. The van der Waals surface area contributed by atoms with Crippen molar-refractivity contribution in [3.05, 3.63) is 65.9 Å². The molecular weight excluding hydrogens is 311 g/mol. The van der Waals surface area contributed by atoms with Crippen molar-refractivity contribution >= 4 is 0 Å². The summed E-state index contributed by atoms with van der Waals surface area (Å²) in [6.45, 7) is 5.22. The van der Waals surface area contributed by atoms with Crippen LogP contribution in [0.4, 0.5) is 4.39 Å². The molecule has 3 aromatic rings. The Kier molecular flexibility index (Phi) is 4.16. The van der Waals surface area contributed by atoms with Crippen molar-refractivity contribution in [1.82, 2.24) is 9.55 Å². The van der Waals surface area contributed by atoms with Crippen LogP contribution in [0.2, 0.25) is 0 Å². The average molecular weight is 334 g/mol. The maximum atomic E-state index is 14.5. The van der Waals surface area contributed by atoms with Crippen molar-refractivity contribution < 1.29 is 4.39 Å². The first-order valence-electron chi connectivity index (χ1n) is 9.08. The summed E-state index contributed by atoms with van der Waals surface area (Å²) in [6, 6.07) is 13.6. The minimum absolute atomic E-state index is 0.156. The molecule has 0 bridgehead atoms. The minimum Gasteiger partial charge on any atom is -0.334 e.